The molecule has 0 spiro atoms. The fourth-order valence-corrected chi connectivity index (χ4v) is 4.25. The normalized spacial score (nSPS) is 12.6. The van der Waals surface area contributed by atoms with Gasteiger partial charge >= 0.3 is 0 Å². The van der Waals surface area contributed by atoms with Crippen LogP contribution in [0, 0.1) is 34.6 Å². The summed E-state index contributed by atoms with van der Waals surface area (Å²) in [5.74, 6) is 0. The summed E-state index contributed by atoms with van der Waals surface area (Å²) in [6, 6.07) is 8.69. The second-order valence-corrected chi connectivity index (χ2v) is 7.26. The molecule has 1 atom stereocenters. The molecule has 0 N–H and O–H groups in total. The highest BCUT2D eigenvalue weighted by Crippen LogP contribution is 2.39. The van der Waals surface area contributed by atoms with Crippen molar-refractivity contribution in [3.05, 3.63) is 67.7 Å². The first-order valence-electron chi connectivity index (χ1n) is 6.81. The van der Waals surface area contributed by atoms with Gasteiger partial charge in [-0.2, -0.15) is 0 Å². The van der Waals surface area contributed by atoms with Crippen molar-refractivity contribution >= 4 is 31.9 Å². The number of hydrogen-bond acceptors (Lipinski definition) is 0. The minimum absolute atomic E-state index is 0.235. The van der Waals surface area contributed by atoms with E-state index in [1.54, 1.807) is 0 Å². The standard InChI is InChI=1S/C18H20Br2/c1-10-9-11(2)13(4)17(12(10)3)18(20)15-7-6-8-16(19)14(15)5/h6-9,18H,1-5H3. The Morgan fingerprint density at radius 1 is 0.850 bits per heavy atom. The van der Waals surface area contributed by atoms with Gasteiger partial charge in [0, 0.05) is 4.47 Å². The topological polar surface area (TPSA) is 0 Å². The Hall–Kier alpha value is -0.600. The number of hydrogen-bond donors (Lipinski definition) is 0. The summed E-state index contributed by atoms with van der Waals surface area (Å²) in [6.07, 6.45) is 0. The van der Waals surface area contributed by atoms with Crippen LogP contribution in [-0.4, -0.2) is 0 Å². The molecule has 2 aromatic rings. The summed E-state index contributed by atoms with van der Waals surface area (Å²) in [5, 5.41) is 0. The van der Waals surface area contributed by atoms with Gasteiger partial charge in [-0.1, -0.05) is 50.1 Å². The Bertz CT molecular complexity index is 631. The fourth-order valence-electron chi connectivity index (χ4n) is 2.68. The quantitative estimate of drug-likeness (QED) is 0.510. The molecule has 0 fully saturated rings. The van der Waals surface area contributed by atoms with Crippen molar-refractivity contribution in [3.63, 3.8) is 0 Å². The Balaban J connectivity index is 2.65. The Morgan fingerprint density at radius 3 is 1.95 bits per heavy atom. The number of rotatable bonds is 2. The van der Waals surface area contributed by atoms with Crippen molar-refractivity contribution in [2.45, 2.75) is 39.4 Å². The SMILES string of the molecule is Cc1cc(C)c(C)c(C(Br)c2cccc(Br)c2C)c1C. The first kappa shape index (κ1) is 15.8. The lowest BCUT2D eigenvalue weighted by molar-refractivity contribution is 1.06. The molecule has 20 heavy (non-hydrogen) atoms. The fraction of sp³-hybridized carbons (Fsp3) is 0.333. The summed E-state index contributed by atoms with van der Waals surface area (Å²) in [4.78, 5) is 0.235. The molecule has 0 bridgehead atoms. The predicted octanol–water partition coefficient (Wildman–Crippen LogP) is 6.48. The van der Waals surface area contributed by atoms with E-state index < -0.39 is 0 Å². The molecule has 2 heteroatoms. The third kappa shape index (κ3) is 2.73. The van der Waals surface area contributed by atoms with Gasteiger partial charge in [-0.25, -0.2) is 0 Å². The van der Waals surface area contributed by atoms with Crippen molar-refractivity contribution in [1.82, 2.24) is 0 Å². The van der Waals surface area contributed by atoms with E-state index in [0.717, 1.165) is 0 Å². The van der Waals surface area contributed by atoms with Gasteiger partial charge in [0.1, 0.15) is 0 Å². The summed E-state index contributed by atoms with van der Waals surface area (Å²) >= 11 is 7.56. The second kappa shape index (κ2) is 6.03. The molecule has 0 nitrogen and oxygen atoms in total. The van der Waals surface area contributed by atoms with Crippen LogP contribution in [0.3, 0.4) is 0 Å². The lowest BCUT2D eigenvalue weighted by Crippen LogP contribution is -2.04. The molecule has 2 rings (SSSR count). The highest BCUT2D eigenvalue weighted by Gasteiger charge is 2.20. The average Bonchev–Trinajstić information content (AvgIpc) is 2.40. The molecular formula is C18H20Br2. The Kier molecular flexibility index (Phi) is 4.76. The van der Waals surface area contributed by atoms with E-state index in [1.807, 2.05) is 0 Å². The zero-order valence-corrected chi connectivity index (χ0v) is 15.8. The van der Waals surface area contributed by atoms with Gasteiger partial charge in [-0.05, 0) is 79.6 Å². The zero-order valence-electron chi connectivity index (χ0n) is 12.6. The molecule has 106 valence electrons. The molecule has 0 amide bonds. The van der Waals surface area contributed by atoms with E-state index in [9.17, 15) is 0 Å². The molecule has 0 saturated carbocycles. The molecule has 0 aliphatic carbocycles. The summed E-state index contributed by atoms with van der Waals surface area (Å²) in [7, 11) is 0. The van der Waals surface area contributed by atoms with Crippen LogP contribution < -0.4 is 0 Å². The van der Waals surface area contributed by atoms with Gasteiger partial charge in [0.2, 0.25) is 0 Å². The van der Waals surface area contributed by atoms with Crippen molar-refractivity contribution in [3.8, 4) is 0 Å². The zero-order chi connectivity index (χ0) is 15.0. The van der Waals surface area contributed by atoms with Gasteiger partial charge in [0.05, 0.1) is 4.83 Å². The molecule has 0 aliphatic heterocycles. The van der Waals surface area contributed by atoms with E-state index >= 15 is 0 Å². The highest BCUT2D eigenvalue weighted by atomic mass is 79.9. The van der Waals surface area contributed by atoms with Gasteiger partial charge in [0.15, 0.2) is 0 Å². The lowest BCUT2D eigenvalue weighted by atomic mass is 9.89. The number of alkyl halides is 1. The third-order valence-corrected chi connectivity index (χ3v) is 6.07. The van der Waals surface area contributed by atoms with Crippen molar-refractivity contribution in [2.24, 2.45) is 0 Å². The van der Waals surface area contributed by atoms with Gasteiger partial charge in [-0.15, -0.1) is 0 Å². The van der Waals surface area contributed by atoms with Crippen LogP contribution in [0.25, 0.3) is 0 Å². The molecule has 0 saturated heterocycles. The van der Waals surface area contributed by atoms with E-state index in [4.69, 9.17) is 0 Å². The largest absolute Gasteiger partial charge is 0.0786 e. The van der Waals surface area contributed by atoms with E-state index in [0.29, 0.717) is 0 Å². The molecular weight excluding hydrogens is 376 g/mol. The van der Waals surface area contributed by atoms with Gasteiger partial charge < -0.3 is 0 Å². The molecule has 0 aliphatic rings. The van der Waals surface area contributed by atoms with Crippen LogP contribution in [0.15, 0.2) is 28.7 Å². The predicted molar refractivity (Wildman–Crippen MR) is 95.0 cm³/mol. The van der Waals surface area contributed by atoms with E-state index in [2.05, 4.69) is 90.7 Å². The average molecular weight is 396 g/mol. The Morgan fingerprint density at radius 2 is 1.40 bits per heavy atom. The van der Waals surface area contributed by atoms with Crippen LogP contribution in [-0.2, 0) is 0 Å². The minimum Gasteiger partial charge on any atom is -0.0786 e. The lowest BCUT2D eigenvalue weighted by Gasteiger charge is -2.22. The Labute approximate surface area is 138 Å². The molecule has 2 aromatic carbocycles. The maximum Gasteiger partial charge on any atom is 0.0652 e. The highest BCUT2D eigenvalue weighted by molar-refractivity contribution is 9.10. The van der Waals surface area contributed by atoms with Crippen LogP contribution >= 0.6 is 31.9 Å². The molecule has 1 unspecified atom stereocenters. The molecule has 0 aromatic heterocycles. The van der Waals surface area contributed by atoms with Crippen LogP contribution in [0.1, 0.15) is 43.8 Å². The van der Waals surface area contributed by atoms with E-state index in [-0.39, 0.29) is 4.83 Å². The third-order valence-electron chi connectivity index (χ3n) is 4.26. The number of aryl methyl sites for hydroxylation is 2. The maximum absolute atomic E-state index is 3.93. The minimum atomic E-state index is 0.235. The van der Waals surface area contributed by atoms with Crippen LogP contribution in [0.2, 0.25) is 0 Å². The molecule has 0 radical (unpaired) electrons. The summed E-state index contributed by atoms with van der Waals surface area (Å²) < 4.78 is 1.17. The van der Waals surface area contributed by atoms with Gasteiger partial charge in [0.25, 0.3) is 0 Å². The van der Waals surface area contributed by atoms with Crippen molar-refractivity contribution < 1.29 is 0 Å². The molecule has 0 heterocycles. The number of halogens is 2. The summed E-state index contributed by atoms with van der Waals surface area (Å²) in [5.41, 5.74) is 9.52. The summed E-state index contributed by atoms with van der Waals surface area (Å²) in [6.45, 7) is 11.0. The smallest absolute Gasteiger partial charge is 0.0652 e. The van der Waals surface area contributed by atoms with Crippen LogP contribution in [0.5, 0.6) is 0 Å². The van der Waals surface area contributed by atoms with E-state index in [1.165, 1.54) is 43.4 Å². The monoisotopic (exact) mass is 394 g/mol. The second-order valence-electron chi connectivity index (χ2n) is 5.49. The van der Waals surface area contributed by atoms with Crippen molar-refractivity contribution in [2.75, 3.05) is 0 Å². The maximum atomic E-state index is 3.93. The number of benzene rings is 2. The first-order chi connectivity index (χ1) is 9.34. The van der Waals surface area contributed by atoms with Crippen molar-refractivity contribution in [1.29, 1.82) is 0 Å². The first-order valence-corrected chi connectivity index (χ1v) is 8.51. The van der Waals surface area contributed by atoms with Gasteiger partial charge in [-0.3, -0.25) is 0 Å². The van der Waals surface area contributed by atoms with Crippen LogP contribution in [0.4, 0.5) is 0 Å².